The molecule has 72 valence electrons. The molecular weight excluding hydrogens is 264 g/mol. The van der Waals surface area contributed by atoms with Gasteiger partial charge in [0.1, 0.15) is 0 Å². The topological polar surface area (TPSA) is 38.9 Å². The van der Waals surface area contributed by atoms with E-state index in [9.17, 15) is 0 Å². The van der Waals surface area contributed by atoms with Crippen LogP contribution in [0.3, 0.4) is 0 Å². The summed E-state index contributed by atoms with van der Waals surface area (Å²) >= 11 is 7.41. The lowest BCUT2D eigenvalue weighted by atomic mass is 10.2. The summed E-state index contributed by atoms with van der Waals surface area (Å²) in [5, 5.41) is 7.73. The molecule has 0 unspecified atom stereocenters. The summed E-state index contributed by atoms with van der Waals surface area (Å²) in [4.78, 5) is 0. The molecule has 0 aliphatic carbocycles. The lowest BCUT2D eigenvalue weighted by Gasteiger charge is -1.93. The largest absolute Gasteiger partial charge is 0.420 e. The van der Waals surface area contributed by atoms with Crippen molar-refractivity contribution >= 4 is 28.6 Å². The lowest BCUT2D eigenvalue weighted by Crippen LogP contribution is -1.76. The first-order valence-corrected chi connectivity index (χ1v) is 5.41. The Hall–Kier alpha value is -0.810. The zero-order valence-electron chi connectivity index (χ0n) is 7.14. The monoisotopic (exact) mass is 270 g/mol. The van der Waals surface area contributed by atoms with Crippen molar-refractivity contribution < 1.29 is 4.42 Å². The molecule has 0 aliphatic rings. The summed E-state index contributed by atoms with van der Waals surface area (Å²) in [6.07, 6.45) is 0. The number of hydrogen-bond donors (Lipinski definition) is 1. The van der Waals surface area contributed by atoms with Gasteiger partial charge >= 0.3 is 0 Å². The molecule has 1 aromatic carbocycles. The minimum absolute atomic E-state index is 0.462. The number of thiol groups is 1. The van der Waals surface area contributed by atoms with Crippen molar-refractivity contribution in [1.29, 1.82) is 0 Å². The fourth-order valence-electron chi connectivity index (χ4n) is 1.03. The molecule has 0 bridgehead atoms. The molecule has 14 heavy (non-hydrogen) atoms. The highest BCUT2D eigenvalue weighted by Crippen LogP contribution is 2.20. The minimum Gasteiger partial charge on any atom is -0.420 e. The molecule has 0 aliphatic heterocycles. The van der Waals surface area contributed by atoms with Crippen LogP contribution in [0.4, 0.5) is 0 Å². The maximum absolute atomic E-state index is 5.34. The van der Waals surface area contributed by atoms with Gasteiger partial charge in [0.25, 0.3) is 0 Å². The molecule has 0 radical (unpaired) electrons. The molecule has 0 saturated carbocycles. The van der Waals surface area contributed by atoms with Crippen molar-refractivity contribution in [2.24, 2.45) is 0 Å². The second-order valence-electron chi connectivity index (χ2n) is 2.67. The molecule has 1 heterocycles. The molecule has 0 fully saturated rings. The van der Waals surface area contributed by atoms with Gasteiger partial charge in [0.05, 0.1) is 5.75 Å². The van der Waals surface area contributed by atoms with E-state index in [2.05, 4.69) is 38.8 Å². The molecule has 0 saturated heterocycles. The smallest absolute Gasteiger partial charge is 0.247 e. The number of rotatable bonds is 2. The van der Waals surface area contributed by atoms with Crippen LogP contribution in [0.2, 0.25) is 0 Å². The number of halogens is 1. The Labute approximate surface area is 95.1 Å². The second kappa shape index (κ2) is 4.14. The molecule has 3 nitrogen and oxygen atoms in total. The number of nitrogens with zero attached hydrogens (tertiary/aromatic N) is 2. The molecule has 0 amide bonds. The fourth-order valence-corrected chi connectivity index (χ4v) is 1.42. The van der Waals surface area contributed by atoms with Crippen LogP contribution in [-0.2, 0) is 5.75 Å². The summed E-state index contributed by atoms with van der Waals surface area (Å²) in [5.74, 6) is 1.52. The van der Waals surface area contributed by atoms with E-state index >= 15 is 0 Å². The van der Waals surface area contributed by atoms with Gasteiger partial charge in [-0.1, -0.05) is 15.9 Å². The van der Waals surface area contributed by atoms with Crippen LogP contribution in [0.15, 0.2) is 33.2 Å². The molecule has 5 heteroatoms. The quantitative estimate of drug-likeness (QED) is 0.853. The normalized spacial score (nSPS) is 10.4. The molecule has 0 N–H and O–H groups in total. The Bertz CT molecular complexity index is 427. The third kappa shape index (κ3) is 1.99. The van der Waals surface area contributed by atoms with Gasteiger partial charge in [-0.05, 0) is 24.3 Å². The highest BCUT2D eigenvalue weighted by atomic mass is 79.9. The Morgan fingerprint density at radius 3 is 2.50 bits per heavy atom. The van der Waals surface area contributed by atoms with E-state index in [-0.39, 0.29) is 0 Å². The van der Waals surface area contributed by atoms with Gasteiger partial charge in [0.2, 0.25) is 11.8 Å². The first kappa shape index (κ1) is 9.73. The van der Waals surface area contributed by atoms with Gasteiger partial charge < -0.3 is 4.42 Å². The molecular formula is C9H7BrN2OS. The summed E-state index contributed by atoms with van der Waals surface area (Å²) in [5.41, 5.74) is 0.911. The van der Waals surface area contributed by atoms with Crippen molar-refractivity contribution in [1.82, 2.24) is 10.2 Å². The highest BCUT2D eigenvalue weighted by Gasteiger charge is 2.06. The number of aromatic nitrogens is 2. The average molecular weight is 271 g/mol. The van der Waals surface area contributed by atoms with Crippen molar-refractivity contribution in [3.63, 3.8) is 0 Å². The van der Waals surface area contributed by atoms with Crippen LogP contribution in [0.1, 0.15) is 5.89 Å². The van der Waals surface area contributed by atoms with Crippen molar-refractivity contribution in [3.8, 4) is 11.5 Å². The van der Waals surface area contributed by atoms with E-state index in [4.69, 9.17) is 4.42 Å². The first-order chi connectivity index (χ1) is 6.79. The Kier molecular flexibility index (Phi) is 2.88. The summed E-state index contributed by atoms with van der Waals surface area (Å²) in [6, 6.07) is 7.69. The van der Waals surface area contributed by atoms with Gasteiger partial charge in [-0.15, -0.1) is 10.2 Å². The van der Waals surface area contributed by atoms with Crippen molar-refractivity contribution in [2.75, 3.05) is 0 Å². The van der Waals surface area contributed by atoms with Gasteiger partial charge in [0, 0.05) is 10.0 Å². The van der Waals surface area contributed by atoms with E-state index < -0.39 is 0 Å². The Morgan fingerprint density at radius 2 is 1.93 bits per heavy atom. The van der Waals surface area contributed by atoms with Gasteiger partial charge in [-0.3, -0.25) is 0 Å². The van der Waals surface area contributed by atoms with Crippen LogP contribution >= 0.6 is 28.6 Å². The Balaban J connectivity index is 2.34. The third-order valence-corrected chi connectivity index (χ3v) is 2.49. The maximum Gasteiger partial charge on any atom is 0.247 e. The zero-order chi connectivity index (χ0) is 9.97. The van der Waals surface area contributed by atoms with Gasteiger partial charge in [-0.2, -0.15) is 12.6 Å². The first-order valence-electron chi connectivity index (χ1n) is 3.99. The van der Waals surface area contributed by atoms with Crippen molar-refractivity contribution in [2.45, 2.75) is 5.75 Å². The summed E-state index contributed by atoms with van der Waals surface area (Å²) in [7, 11) is 0. The average Bonchev–Trinajstić information content (AvgIpc) is 2.67. The highest BCUT2D eigenvalue weighted by molar-refractivity contribution is 9.10. The van der Waals surface area contributed by atoms with E-state index in [1.165, 1.54) is 0 Å². The van der Waals surface area contributed by atoms with Crippen LogP contribution in [0.25, 0.3) is 11.5 Å². The SMILES string of the molecule is SCc1nnc(-c2ccc(Br)cc2)o1. The van der Waals surface area contributed by atoms with Gasteiger partial charge in [-0.25, -0.2) is 0 Å². The van der Waals surface area contributed by atoms with Crippen molar-refractivity contribution in [3.05, 3.63) is 34.6 Å². The number of benzene rings is 1. The van der Waals surface area contributed by atoms with Gasteiger partial charge in [0.15, 0.2) is 0 Å². The van der Waals surface area contributed by atoms with Crippen LogP contribution in [0.5, 0.6) is 0 Å². The van der Waals surface area contributed by atoms with E-state index in [1.807, 2.05) is 24.3 Å². The third-order valence-electron chi connectivity index (χ3n) is 1.69. The summed E-state index contributed by atoms with van der Waals surface area (Å²) in [6.45, 7) is 0. The predicted octanol–water partition coefficient (Wildman–Crippen LogP) is 2.93. The van der Waals surface area contributed by atoms with E-state index in [0.29, 0.717) is 17.5 Å². The van der Waals surface area contributed by atoms with E-state index in [1.54, 1.807) is 0 Å². The standard InChI is InChI=1S/C9H7BrN2OS/c10-7-3-1-6(2-4-7)9-12-11-8(5-14)13-9/h1-4,14H,5H2. The lowest BCUT2D eigenvalue weighted by molar-refractivity contribution is 0.529. The molecule has 2 aromatic rings. The molecule has 0 atom stereocenters. The van der Waals surface area contributed by atoms with Crippen LogP contribution in [-0.4, -0.2) is 10.2 Å². The van der Waals surface area contributed by atoms with E-state index in [0.717, 1.165) is 10.0 Å². The second-order valence-corrected chi connectivity index (χ2v) is 3.90. The molecule has 0 spiro atoms. The maximum atomic E-state index is 5.34. The zero-order valence-corrected chi connectivity index (χ0v) is 9.62. The number of hydrogen-bond acceptors (Lipinski definition) is 4. The predicted molar refractivity (Wildman–Crippen MR) is 60.1 cm³/mol. The minimum atomic E-state index is 0.462. The molecule has 2 rings (SSSR count). The Morgan fingerprint density at radius 1 is 1.21 bits per heavy atom. The van der Waals surface area contributed by atoms with Crippen LogP contribution in [0, 0.1) is 0 Å². The van der Waals surface area contributed by atoms with Crippen LogP contribution < -0.4 is 0 Å². The molecule has 1 aromatic heterocycles. The summed E-state index contributed by atoms with van der Waals surface area (Å²) < 4.78 is 6.37. The fraction of sp³-hybridized carbons (Fsp3) is 0.111.